The molecule has 1 amide bonds. The number of nitrogens with zero attached hydrogens (tertiary/aromatic N) is 5. The Balaban J connectivity index is 1.71. The SMILES string of the molecule is COCCCCN(C)C(=O)c1csc2nc(-c3ccccn3)nc(N3CCOCC3)c12. The Bertz CT molecular complexity index is 1020. The van der Waals surface area contributed by atoms with E-state index in [1.54, 1.807) is 18.2 Å². The van der Waals surface area contributed by atoms with E-state index in [0.29, 0.717) is 37.8 Å². The molecule has 1 saturated heterocycles. The minimum Gasteiger partial charge on any atom is -0.385 e. The molecule has 0 aromatic carbocycles. The molecule has 3 aromatic heterocycles. The van der Waals surface area contributed by atoms with Gasteiger partial charge in [-0.3, -0.25) is 9.78 Å². The normalized spacial score (nSPS) is 14.2. The van der Waals surface area contributed by atoms with Crippen LogP contribution in [0.1, 0.15) is 23.2 Å². The number of aromatic nitrogens is 3. The maximum atomic E-state index is 13.3. The molecular formula is C22H27N5O3S. The van der Waals surface area contributed by atoms with E-state index in [1.807, 2.05) is 30.6 Å². The Morgan fingerprint density at radius 2 is 2.10 bits per heavy atom. The number of rotatable bonds is 8. The molecule has 0 saturated carbocycles. The van der Waals surface area contributed by atoms with Gasteiger partial charge in [-0.05, 0) is 25.0 Å². The van der Waals surface area contributed by atoms with Gasteiger partial charge in [-0.15, -0.1) is 11.3 Å². The fraction of sp³-hybridized carbons (Fsp3) is 0.455. The third kappa shape index (κ3) is 4.84. The van der Waals surface area contributed by atoms with Crippen molar-refractivity contribution in [3.63, 3.8) is 0 Å². The summed E-state index contributed by atoms with van der Waals surface area (Å²) in [5, 5.41) is 2.72. The van der Waals surface area contributed by atoms with Crippen LogP contribution in [0.15, 0.2) is 29.8 Å². The molecule has 164 valence electrons. The second-order valence-corrected chi connectivity index (χ2v) is 8.30. The van der Waals surface area contributed by atoms with Crippen molar-refractivity contribution in [1.82, 2.24) is 19.9 Å². The molecular weight excluding hydrogens is 414 g/mol. The van der Waals surface area contributed by atoms with E-state index >= 15 is 0 Å². The highest BCUT2D eigenvalue weighted by Gasteiger charge is 2.25. The van der Waals surface area contributed by atoms with Crippen molar-refractivity contribution in [2.24, 2.45) is 0 Å². The molecule has 0 unspecified atom stereocenters. The van der Waals surface area contributed by atoms with Gasteiger partial charge >= 0.3 is 0 Å². The molecule has 0 bridgehead atoms. The van der Waals surface area contributed by atoms with Gasteiger partial charge in [-0.25, -0.2) is 9.97 Å². The third-order valence-corrected chi connectivity index (χ3v) is 6.16. The van der Waals surface area contributed by atoms with Gasteiger partial charge in [0.25, 0.3) is 5.91 Å². The standard InChI is InChI=1S/C22H27N5O3S/c1-26(9-5-6-12-29-2)22(28)16-15-31-21-18(16)20(27-10-13-30-14-11-27)24-19(25-21)17-7-3-4-8-23-17/h3-4,7-8,15H,5-6,9-14H2,1-2H3. The van der Waals surface area contributed by atoms with Crippen LogP contribution in [0.4, 0.5) is 5.82 Å². The largest absolute Gasteiger partial charge is 0.385 e. The summed E-state index contributed by atoms with van der Waals surface area (Å²) in [4.78, 5) is 32.0. The lowest BCUT2D eigenvalue weighted by Crippen LogP contribution is -2.37. The second-order valence-electron chi connectivity index (χ2n) is 7.44. The maximum Gasteiger partial charge on any atom is 0.255 e. The first kappa shape index (κ1) is 21.6. The predicted octanol–water partition coefficient (Wildman–Crippen LogP) is 3.09. The highest BCUT2D eigenvalue weighted by molar-refractivity contribution is 7.17. The minimum absolute atomic E-state index is 0.00707. The maximum absolute atomic E-state index is 13.3. The Morgan fingerprint density at radius 1 is 1.26 bits per heavy atom. The molecule has 1 fully saturated rings. The van der Waals surface area contributed by atoms with Gasteiger partial charge < -0.3 is 19.3 Å². The number of morpholine rings is 1. The number of thiophene rings is 1. The van der Waals surface area contributed by atoms with E-state index in [0.717, 1.165) is 47.7 Å². The average Bonchev–Trinajstić information content (AvgIpc) is 3.26. The minimum atomic E-state index is -0.00707. The zero-order chi connectivity index (χ0) is 21.6. The van der Waals surface area contributed by atoms with Gasteiger partial charge in [-0.2, -0.15) is 0 Å². The molecule has 8 nitrogen and oxygen atoms in total. The lowest BCUT2D eigenvalue weighted by Gasteiger charge is -2.29. The summed E-state index contributed by atoms with van der Waals surface area (Å²) in [5.74, 6) is 1.35. The van der Waals surface area contributed by atoms with Gasteiger partial charge in [-0.1, -0.05) is 6.07 Å². The predicted molar refractivity (Wildman–Crippen MR) is 122 cm³/mol. The molecule has 4 heterocycles. The molecule has 0 aliphatic carbocycles. The summed E-state index contributed by atoms with van der Waals surface area (Å²) in [7, 11) is 3.54. The van der Waals surface area contributed by atoms with E-state index in [1.165, 1.54) is 11.3 Å². The average molecular weight is 442 g/mol. The summed E-state index contributed by atoms with van der Waals surface area (Å²) in [6, 6.07) is 5.69. The van der Waals surface area contributed by atoms with Crippen LogP contribution in [0.3, 0.4) is 0 Å². The molecule has 0 atom stereocenters. The number of carbonyl (C=O) groups excluding carboxylic acids is 1. The summed E-state index contributed by atoms with van der Waals surface area (Å²) >= 11 is 1.47. The van der Waals surface area contributed by atoms with Crippen molar-refractivity contribution in [3.8, 4) is 11.5 Å². The fourth-order valence-corrected chi connectivity index (χ4v) is 4.50. The van der Waals surface area contributed by atoms with Crippen molar-refractivity contribution in [1.29, 1.82) is 0 Å². The Kier molecular flexibility index (Phi) is 7.06. The number of carbonyl (C=O) groups is 1. The van der Waals surface area contributed by atoms with Crippen LogP contribution in [0.2, 0.25) is 0 Å². The number of hydrogen-bond acceptors (Lipinski definition) is 8. The lowest BCUT2D eigenvalue weighted by atomic mass is 10.1. The summed E-state index contributed by atoms with van der Waals surface area (Å²) in [6.07, 6.45) is 3.56. The topological polar surface area (TPSA) is 80.7 Å². The zero-order valence-corrected chi connectivity index (χ0v) is 18.7. The van der Waals surface area contributed by atoms with Crippen LogP contribution in [0.25, 0.3) is 21.7 Å². The van der Waals surface area contributed by atoms with E-state index in [9.17, 15) is 4.79 Å². The van der Waals surface area contributed by atoms with Crippen LogP contribution in [0, 0.1) is 0 Å². The molecule has 1 aliphatic rings. The number of methoxy groups -OCH3 is 1. The molecule has 4 rings (SSSR count). The van der Waals surface area contributed by atoms with Crippen molar-refractivity contribution >= 4 is 33.3 Å². The van der Waals surface area contributed by atoms with Gasteiger partial charge in [0.15, 0.2) is 5.82 Å². The number of fused-ring (bicyclic) bond motifs is 1. The lowest BCUT2D eigenvalue weighted by molar-refractivity contribution is 0.0790. The summed E-state index contributed by atoms with van der Waals surface area (Å²) < 4.78 is 10.6. The van der Waals surface area contributed by atoms with Gasteiger partial charge in [0, 0.05) is 52.0 Å². The number of amides is 1. The number of unbranched alkanes of at least 4 members (excludes halogenated alkanes) is 1. The quantitative estimate of drug-likeness (QED) is 0.497. The number of ether oxygens (including phenoxy) is 2. The van der Waals surface area contributed by atoms with E-state index < -0.39 is 0 Å². The first-order valence-electron chi connectivity index (χ1n) is 10.5. The van der Waals surface area contributed by atoms with Crippen LogP contribution in [-0.4, -0.2) is 79.4 Å². The molecule has 0 spiro atoms. The van der Waals surface area contributed by atoms with Gasteiger partial charge in [0.1, 0.15) is 16.3 Å². The van der Waals surface area contributed by atoms with Crippen LogP contribution >= 0.6 is 11.3 Å². The first-order valence-corrected chi connectivity index (χ1v) is 11.3. The van der Waals surface area contributed by atoms with E-state index in [2.05, 4.69) is 9.88 Å². The summed E-state index contributed by atoms with van der Waals surface area (Å²) in [6.45, 7) is 4.11. The van der Waals surface area contributed by atoms with Crippen LogP contribution in [-0.2, 0) is 9.47 Å². The third-order valence-electron chi connectivity index (χ3n) is 5.29. The molecule has 0 N–H and O–H groups in total. The van der Waals surface area contributed by atoms with Crippen molar-refractivity contribution in [3.05, 3.63) is 35.3 Å². The summed E-state index contributed by atoms with van der Waals surface area (Å²) in [5.41, 5.74) is 1.37. The number of pyridine rings is 1. The van der Waals surface area contributed by atoms with E-state index in [4.69, 9.17) is 19.4 Å². The Morgan fingerprint density at radius 3 is 2.84 bits per heavy atom. The highest BCUT2D eigenvalue weighted by Crippen LogP contribution is 2.35. The number of hydrogen-bond donors (Lipinski definition) is 0. The van der Waals surface area contributed by atoms with Crippen molar-refractivity contribution in [2.75, 3.05) is 58.5 Å². The van der Waals surface area contributed by atoms with Crippen LogP contribution in [0.5, 0.6) is 0 Å². The molecule has 3 aromatic rings. The monoisotopic (exact) mass is 441 g/mol. The fourth-order valence-electron chi connectivity index (χ4n) is 3.60. The Labute approximate surface area is 185 Å². The zero-order valence-electron chi connectivity index (χ0n) is 17.9. The smallest absolute Gasteiger partial charge is 0.255 e. The van der Waals surface area contributed by atoms with Gasteiger partial charge in [0.05, 0.1) is 24.2 Å². The van der Waals surface area contributed by atoms with Crippen LogP contribution < -0.4 is 4.90 Å². The molecule has 1 aliphatic heterocycles. The second kappa shape index (κ2) is 10.1. The molecule has 0 radical (unpaired) electrons. The first-order chi connectivity index (χ1) is 15.2. The Hall–Kier alpha value is -2.62. The molecule has 31 heavy (non-hydrogen) atoms. The van der Waals surface area contributed by atoms with Crippen molar-refractivity contribution < 1.29 is 14.3 Å². The number of anilines is 1. The van der Waals surface area contributed by atoms with E-state index in [-0.39, 0.29) is 5.91 Å². The van der Waals surface area contributed by atoms with Gasteiger partial charge in [0.2, 0.25) is 0 Å². The van der Waals surface area contributed by atoms with Crippen molar-refractivity contribution in [2.45, 2.75) is 12.8 Å². The highest BCUT2D eigenvalue weighted by atomic mass is 32.1. The molecule has 9 heteroatoms.